The van der Waals surface area contributed by atoms with Crippen molar-refractivity contribution in [1.29, 1.82) is 0 Å². The standard InChI is InChI=1S/C31H27N2/c1-20-15-21(2)22(3)28(16-20)31-18-24-17-25(14-13-23(24)19-32(31)4)33-29-11-7-5-9-26(29)27-10-6-8-12-30(27)33/h5-19H,1-4H3/q+1. The molecular formula is C31H27N2+. The number of hydrogen-bond donors (Lipinski definition) is 0. The fourth-order valence-corrected chi connectivity index (χ4v) is 5.25. The van der Waals surface area contributed by atoms with E-state index in [-0.39, 0.29) is 0 Å². The van der Waals surface area contributed by atoms with Crippen LogP contribution in [0, 0.1) is 20.8 Å². The number of aromatic nitrogens is 2. The van der Waals surface area contributed by atoms with Crippen molar-refractivity contribution in [2.45, 2.75) is 20.8 Å². The van der Waals surface area contributed by atoms with E-state index in [1.54, 1.807) is 0 Å². The highest BCUT2D eigenvalue weighted by Gasteiger charge is 2.17. The van der Waals surface area contributed by atoms with E-state index in [2.05, 4.69) is 128 Å². The monoisotopic (exact) mass is 427 g/mol. The summed E-state index contributed by atoms with van der Waals surface area (Å²) >= 11 is 0. The summed E-state index contributed by atoms with van der Waals surface area (Å²) in [7, 11) is 2.15. The molecule has 0 amide bonds. The van der Waals surface area contributed by atoms with E-state index in [4.69, 9.17) is 0 Å². The van der Waals surface area contributed by atoms with Crippen LogP contribution in [-0.2, 0) is 7.05 Å². The predicted octanol–water partition coefficient (Wildman–Crippen LogP) is 7.35. The minimum Gasteiger partial charge on any atom is -0.309 e. The summed E-state index contributed by atoms with van der Waals surface area (Å²) < 4.78 is 4.64. The van der Waals surface area contributed by atoms with E-state index in [1.165, 1.54) is 66.2 Å². The fourth-order valence-electron chi connectivity index (χ4n) is 5.25. The third-order valence-corrected chi connectivity index (χ3v) is 7.00. The first-order valence-corrected chi connectivity index (χ1v) is 11.5. The molecule has 0 spiro atoms. The number of fused-ring (bicyclic) bond motifs is 4. The molecule has 0 fully saturated rings. The molecule has 33 heavy (non-hydrogen) atoms. The van der Waals surface area contributed by atoms with Crippen LogP contribution in [0.5, 0.6) is 0 Å². The average Bonchev–Trinajstić information content (AvgIpc) is 3.15. The van der Waals surface area contributed by atoms with Gasteiger partial charge in [-0.25, -0.2) is 4.57 Å². The maximum absolute atomic E-state index is 2.39. The highest BCUT2D eigenvalue weighted by atomic mass is 15.0. The lowest BCUT2D eigenvalue weighted by molar-refractivity contribution is -0.659. The molecule has 0 N–H and O–H groups in total. The van der Waals surface area contributed by atoms with Crippen LogP contribution in [0.2, 0.25) is 0 Å². The minimum absolute atomic E-state index is 1.19. The molecule has 6 aromatic rings. The lowest BCUT2D eigenvalue weighted by Crippen LogP contribution is -2.30. The topological polar surface area (TPSA) is 8.81 Å². The van der Waals surface area contributed by atoms with Gasteiger partial charge >= 0.3 is 0 Å². The third kappa shape index (κ3) is 3.06. The number of benzene rings is 4. The van der Waals surface area contributed by atoms with Crippen molar-refractivity contribution in [3.05, 3.63) is 108 Å². The molecule has 2 nitrogen and oxygen atoms in total. The summed E-state index contributed by atoms with van der Waals surface area (Å²) in [5.74, 6) is 0. The molecule has 0 bridgehead atoms. The number of rotatable bonds is 2. The van der Waals surface area contributed by atoms with Crippen LogP contribution in [0.4, 0.5) is 0 Å². The molecule has 2 heterocycles. The van der Waals surface area contributed by atoms with Crippen LogP contribution in [0.3, 0.4) is 0 Å². The van der Waals surface area contributed by atoms with Crippen molar-refractivity contribution < 1.29 is 4.57 Å². The van der Waals surface area contributed by atoms with E-state index in [0.717, 1.165) is 0 Å². The Kier molecular flexibility index (Phi) is 4.38. The molecule has 0 saturated heterocycles. The molecule has 6 rings (SSSR count). The van der Waals surface area contributed by atoms with Gasteiger partial charge in [-0.05, 0) is 73.7 Å². The lowest BCUT2D eigenvalue weighted by atomic mass is 9.96. The number of pyridine rings is 1. The SMILES string of the molecule is Cc1cc(C)c(C)c(-c2cc3cc(-n4c5ccccc5c5ccccc54)ccc3c[n+]2C)c1. The minimum atomic E-state index is 1.19. The summed E-state index contributed by atoms with van der Waals surface area (Å²) in [5.41, 5.74) is 10.2. The Labute approximate surface area is 194 Å². The third-order valence-electron chi connectivity index (χ3n) is 7.00. The number of aryl methyl sites for hydroxylation is 3. The van der Waals surface area contributed by atoms with Crippen molar-refractivity contribution in [2.24, 2.45) is 7.05 Å². The molecule has 0 aliphatic carbocycles. The summed E-state index contributed by atoms with van der Waals surface area (Å²) in [5, 5.41) is 5.08. The smallest absolute Gasteiger partial charge is 0.213 e. The summed E-state index contributed by atoms with van der Waals surface area (Å²) in [4.78, 5) is 0. The molecule has 4 aromatic carbocycles. The average molecular weight is 428 g/mol. The summed E-state index contributed by atoms with van der Waals surface area (Å²) in [6, 6.07) is 31.1. The van der Waals surface area contributed by atoms with E-state index >= 15 is 0 Å². The van der Waals surface area contributed by atoms with Gasteiger partial charge in [-0.2, -0.15) is 0 Å². The van der Waals surface area contributed by atoms with Gasteiger partial charge in [0.1, 0.15) is 7.05 Å². The highest BCUT2D eigenvalue weighted by molar-refractivity contribution is 6.09. The summed E-state index contributed by atoms with van der Waals surface area (Å²) in [6.07, 6.45) is 2.25. The van der Waals surface area contributed by atoms with E-state index in [0.29, 0.717) is 0 Å². The largest absolute Gasteiger partial charge is 0.309 e. The molecule has 2 aromatic heterocycles. The van der Waals surface area contributed by atoms with E-state index < -0.39 is 0 Å². The van der Waals surface area contributed by atoms with Crippen molar-refractivity contribution in [1.82, 2.24) is 4.57 Å². The van der Waals surface area contributed by atoms with Crippen LogP contribution >= 0.6 is 0 Å². The predicted molar refractivity (Wildman–Crippen MR) is 139 cm³/mol. The van der Waals surface area contributed by atoms with Crippen LogP contribution < -0.4 is 4.57 Å². The molecule has 0 aliphatic heterocycles. The zero-order chi connectivity index (χ0) is 22.7. The van der Waals surface area contributed by atoms with Crippen LogP contribution in [-0.4, -0.2) is 4.57 Å². The molecule has 0 aliphatic rings. The Morgan fingerprint density at radius 2 is 1.33 bits per heavy atom. The number of para-hydroxylation sites is 2. The van der Waals surface area contributed by atoms with Gasteiger partial charge in [0.15, 0.2) is 6.20 Å². The van der Waals surface area contributed by atoms with Crippen molar-refractivity contribution in [3.8, 4) is 16.9 Å². The van der Waals surface area contributed by atoms with Gasteiger partial charge in [-0.15, -0.1) is 0 Å². The van der Waals surface area contributed by atoms with Gasteiger partial charge in [0.2, 0.25) is 5.69 Å². The maximum atomic E-state index is 2.39. The van der Waals surface area contributed by atoms with E-state index in [9.17, 15) is 0 Å². The van der Waals surface area contributed by atoms with E-state index in [1.807, 2.05) is 0 Å². The zero-order valence-corrected chi connectivity index (χ0v) is 19.6. The number of nitrogens with zero attached hydrogens (tertiary/aromatic N) is 2. The van der Waals surface area contributed by atoms with Gasteiger partial charge in [0, 0.05) is 33.5 Å². The lowest BCUT2D eigenvalue weighted by Gasteiger charge is -2.12. The maximum Gasteiger partial charge on any atom is 0.213 e. The Hall–Kier alpha value is -3.91. The Bertz CT molecular complexity index is 1650. The zero-order valence-electron chi connectivity index (χ0n) is 19.6. The molecule has 2 heteroatoms. The molecule has 160 valence electrons. The molecular weight excluding hydrogens is 400 g/mol. The Balaban J connectivity index is 1.62. The normalized spacial score (nSPS) is 11.6. The Morgan fingerprint density at radius 3 is 2.03 bits per heavy atom. The summed E-state index contributed by atoms with van der Waals surface area (Å²) in [6.45, 7) is 6.60. The van der Waals surface area contributed by atoms with Crippen molar-refractivity contribution in [3.63, 3.8) is 0 Å². The quantitative estimate of drug-likeness (QED) is 0.255. The fraction of sp³-hybridized carbons (Fsp3) is 0.129. The van der Waals surface area contributed by atoms with Crippen molar-refractivity contribution in [2.75, 3.05) is 0 Å². The van der Waals surface area contributed by atoms with Gasteiger partial charge in [0.25, 0.3) is 0 Å². The Morgan fingerprint density at radius 1 is 0.667 bits per heavy atom. The highest BCUT2D eigenvalue weighted by Crippen LogP contribution is 2.33. The molecule has 0 unspecified atom stereocenters. The van der Waals surface area contributed by atoms with Gasteiger partial charge in [0.05, 0.1) is 11.0 Å². The number of hydrogen-bond acceptors (Lipinski definition) is 0. The van der Waals surface area contributed by atoms with Crippen LogP contribution in [0.15, 0.2) is 91.1 Å². The molecule has 0 saturated carbocycles. The first kappa shape index (κ1) is 19.8. The van der Waals surface area contributed by atoms with Gasteiger partial charge in [-0.1, -0.05) is 48.0 Å². The first-order chi connectivity index (χ1) is 16.0. The molecule has 0 atom stereocenters. The van der Waals surface area contributed by atoms with Gasteiger partial charge in [-0.3, -0.25) is 0 Å². The van der Waals surface area contributed by atoms with Crippen LogP contribution in [0.25, 0.3) is 49.5 Å². The second kappa shape index (κ2) is 7.31. The second-order valence-corrected chi connectivity index (χ2v) is 9.21. The first-order valence-electron chi connectivity index (χ1n) is 11.5. The van der Waals surface area contributed by atoms with Gasteiger partial charge < -0.3 is 4.57 Å². The molecule has 0 radical (unpaired) electrons. The van der Waals surface area contributed by atoms with Crippen LogP contribution in [0.1, 0.15) is 16.7 Å². The van der Waals surface area contributed by atoms with Crippen molar-refractivity contribution >= 4 is 32.6 Å². The second-order valence-electron chi connectivity index (χ2n) is 9.21.